The highest BCUT2D eigenvalue weighted by Gasteiger charge is 2.33. The monoisotopic (exact) mass is 386 g/mol. The van der Waals surface area contributed by atoms with Crippen molar-refractivity contribution >= 4 is 46.5 Å². The zero-order valence-electron chi connectivity index (χ0n) is 10.7. The van der Waals surface area contributed by atoms with Crippen LogP contribution in [0.25, 0.3) is 0 Å². The summed E-state index contributed by atoms with van der Waals surface area (Å²) in [4.78, 5) is 22.3. The van der Waals surface area contributed by atoms with Gasteiger partial charge in [-0.1, -0.05) is 34.8 Å². The maximum Gasteiger partial charge on any atom is 0.575 e. The molecular weight excluding hydrogens is 384 g/mol. The van der Waals surface area contributed by atoms with Crippen molar-refractivity contribution in [2.45, 2.75) is 6.36 Å². The Morgan fingerprint density at radius 2 is 1.74 bits per heavy atom. The molecule has 0 aliphatic heterocycles. The van der Waals surface area contributed by atoms with E-state index in [-0.39, 0.29) is 26.7 Å². The summed E-state index contributed by atoms with van der Waals surface area (Å²) in [6.07, 6.45) is -4.14. The van der Waals surface area contributed by atoms with Gasteiger partial charge in [-0.3, -0.25) is 4.79 Å². The van der Waals surface area contributed by atoms with Crippen LogP contribution >= 0.6 is 34.8 Å². The second-order valence-electron chi connectivity index (χ2n) is 3.85. The number of rotatable bonds is 3. The van der Waals surface area contributed by atoms with Gasteiger partial charge in [0.1, 0.15) is 15.3 Å². The fourth-order valence-electron chi connectivity index (χ4n) is 1.37. The summed E-state index contributed by atoms with van der Waals surface area (Å²) in [7, 11) is 0. The van der Waals surface area contributed by atoms with Crippen LogP contribution < -0.4 is 10.1 Å². The molecule has 0 radical (unpaired) electrons. The van der Waals surface area contributed by atoms with Crippen molar-refractivity contribution < 1.29 is 22.7 Å². The Balaban J connectivity index is 2.25. The molecule has 2 aromatic heterocycles. The standard InChI is InChI=1S/C11H4Cl3F3N4O2/c12-5-3-18-10(23-11(15,16)17)21-8(5)20-9(22)4-1-6(13)19-7(14)2-4/h1-3H,(H,18,20,21,22). The summed E-state index contributed by atoms with van der Waals surface area (Å²) in [6.45, 7) is 0. The molecule has 0 bridgehead atoms. The minimum absolute atomic E-state index is 0.00275. The number of amides is 1. The van der Waals surface area contributed by atoms with Gasteiger partial charge in [-0.05, 0) is 12.1 Å². The quantitative estimate of drug-likeness (QED) is 0.806. The van der Waals surface area contributed by atoms with Crippen LogP contribution in [0.3, 0.4) is 0 Å². The molecule has 0 unspecified atom stereocenters. The maximum absolute atomic E-state index is 12.1. The van der Waals surface area contributed by atoms with Gasteiger partial charge in [-0.15, -0.1) is 13.2 Å². The number of carbonyl (C=O) groups excluding carboxylic acids is 1. The fraction of sp³-hybridized carbons (Fsp3) is 0.0909. The summed E-state index contributed by atoms with van der Waals surface area (Å²) in [5.74, 6) is -1.15. The number of nitrogens with zero attached hydrogens (tertiary/aromatic N) is 3. The van der Waals surface area contributed by atoms with Crippen molar-refractivity contribution in [3.05, 3.63) is 39.2 Å². The van der Waals surface area contributed by atoms with Crippen molar-refractivity contribution in [1.29, 1.82) is 0 Å². The highest BCUT2D eigenvalue weighted by atomic mass is 35.5. The van der Waals surface area contributed by atoms with Crippen LogP contribution in [0.4, 0.5) is 19.0 Å². The van der Waals surface area contributed by atoms with Crippen molar-refractivity contribution in [2.24, 2.45) is 0 Å². The molecule has 0 saturated heterocycles. The Morgan fingerprint density at radius 3 is 2.30 bits per heavy atom. The number of alkyl halides is 3. The maximum atomic E-state index is 12.1. The van der Waals surface area contributed by atoms with Crippen LogP contribution in [-0.4, -0.2) is 27.2 Å². The molecule has 12 heteroatoms. The molecular formula is C11H4Cl3F3N4O2. The molecule has 23 heavy (non-hydrogen) atoms. The molecule has 0 aliphatic rings. The van der Waals surface area contributed by atoms with Crippen LogP contribution in [0, 0.1) is 0 Å². The number of pyridine rings is 1. The van der Waals surface area contributed by atoms with Gasteiger partial charge in [0, 0.05) is 5.56 Å². The van der Waals surface area contributed by atoms with Crippen LogP contribution in [0.2, 0.25) is 15.3 Å². The van der Waals surface area contributed by atoms with Gasteiger partial charge in [0.05, 0.1) is 6.20 Å². The first-order valence-corrected chi connectivity index (χ1v) is 6.70. The Kier molecular flexibility index (Phi) is 5.12. The van der Waals surface area contributed by atoms with Gasteiger partial charge in [0.15, 0.2) is 5.82 Å². The van der Waals surface area contributed by atoms with Crippen LogP contribution in [0.5, 0.6) is 6.01 Å². The summed E-state index contributed by atoms with van der Waals surface area (Å²) >= 11 is 17.0. The Hall–Kier alpha value is -1.84. The third-order valence-electron chi connectivity index (χ3n) is 2.19. The molecule has 2 aromatic rings. The average molecular weight is 388 g/mol. The minimum atomic E-state index is -4.98. The minimum Gasteiger partial charge on any atom is -0.371 e. The van der Waals surface area contributed by atoms with Gasteiger partial charge in [0.25, 0.3) is 5.91 Å². The molecule has 1 amide bonds. The highest BCUT2D eigenvalue weighted by molar-refractivity contribution is 6.34. The van der Waals surface area contributed by atoms with Crippen molar-refractivity contribution in [3.63, 3.8) is 0 Å². The number of ether oxygens (including phenoxy) is 1. The number of nitrogens with one attached hydrogen (secondary N) is 1. The Bertz CT molecular complexity index is 738. The van der Waals surface area contributed by atoms with E-state index in [1.165, 1.54) is 12.1 Å². The van der Waals surface area contributed by atoms with E-state index < -0.39 is 18.3 Å². The first kappa shape index (κ1) is 17.5. The predicted molar refractivity (Wildman–Crippen MR) is 75.9 cm³/mol. The molecule has 6 nitrogen and oxygen atoms in total. The summed E-state index contributed by atoms with van der Waals surface area (Å²) in [5, 5.41) is 1.91. The number of hydrogen-bond donors (Lipinski definition) is 1. The molecule has 122 valence electrons. The van der Waals surface area contributed by atoms with E-state index in [1.54, 1.807) is 0 Å². The molecule has 2 rings (SSSR count). The average Bonchev–Trinajstić information content (AvgIpc) is 2.39. The van der Waals surface area contributed by atoms with E-state index in [0.29, 0.717) is 0 Å². The lowest BCUT2D eigenvalue weighted by molar-refractivity contribution is -0.277. The fourth-order valence-corrected chi connectivity index (χ4v) is 1.97. The lowest BCUT2D eigenvalue weighted by Gasteiger charge is -2.10. The van der Waals surface area contributed by atoms with Gasteiger partial charge in [-0.25, -0.2) is 9.97 Å². The molecule has 0 fully saturated rings. The first-order valence-electron chi connectivity index (χ1n) is 5.57. The molecule has 1 N–H and O–H groups in total. The second kappa shape index (κ2) is 6.73. The summed E-state index contributed by atoms with van der Waals surface area (Å²) in [5.41, 5.74) is 0.00275. The topological polar surface area (TPSA) is 77.0 Å². The molecule has 0 saturated carbocycles. The van der Waals surface area contributed by atoms with E-state index in [1.807, 2.05) is 0 Å². The predicted octanol–water partition coefficient (Wildman–Crippen LogP) is 3.98. The number of aromatic nitrogens is 3. The zero-order valence-corrected chi connectivity index (χ0v) is 12.9. The zero-order chi connectivity index (χ0) is 17.2. The second-order valence-corrected chi connectivity index (χ2v) is 5.03. The van der Waals surface area contributed by atoms with E-state index in [0.717, 1.165) is 6.20 Å². The smallest absolute Gasteiger partial charge is 0.371 e. The van der Waals surface area contributed by atoms with E-state index >= 15 is 0 Å². The third-order valence-corrected chi connectivity index (χ3v) is 2.85. The molecule has 0 aromatic carbocycles. The van der Waals surface area contributed by atoms with Crippen LogP contribution in [-0.2, 0) is 0 Å². The third kappa shape index (κ3) is 5.08. The molecule has 0 spiro atoms. The van der Waals surface area contributed by atoms with E-state index in [4.69, 9.17) is 34.8 Å². The number of carbonyl (C=O) groups is 1. The van der Waals surface area contributed by atoms with E-state index in [2.05, 4.69) is 25.0 Å². The summed E-state index contributed by atoms with van der Waals surface area (Å²) in [6, 6.07) is 1.37. The summed E-state index contributed by atoms with van der Waals surface area (Å²) < 4.78 is 39.9. The largest absolute Gasteiger partial charge is 0.575 e. The van der Waals surface area contributed by atoms with Crippen LogP contribution in [0.1, 0.15) is 10.4 Å². The number of hydrogen-bond acceptors (Lipinski definition) is 5. The van der Waals surface area contributed by atoms with Crippen LogP contribution in [0.15, 0.2) is 18.3 Å². The van der Waals surface area contributed by atoms with Gasteiger partial charge >= 0.3 is 12.4 Å². The lowest BCUT2D eigenvalue weighted by atomic mass is 10.2. The molecule has 0 aliphatic carbocycles. The lowest BCUT2D eigenvalue weighted by Crippen LogP contribution is -2.20. The molecule has 2 heterocycles. The van der Waals surface area contributed by atoms with E-state index in [9.17, 15) is 18.0 Å². The highest BCUT2D eigenvalue weighted by Crippen LogP contribution is 2.25. The van der Waals surface area contributed by atoms with Gasteiger partial charge in [0.2, 0.25) is 0 Å². The van der Waals surface area contributed by atoms with Crippen molar-refractivity contribution in [1.82, 2.24) is 15.0 Å². The first-order chi connectivity index (χ1) is 10.6. The number of halogens is 6. The molecule has 0 atom stereocenters. The SMILES string of the molecule is O=C(Nc1nc(OC(F)(F)F)ncc1Cl)c1cc(Cl)nc(Cl)c1. The van der Waals surface area contributed by atoms with Gasteiger partial charge < -0.3 is 10.1 Å². The van der Waals surface area contributed by atoms with Crippen molar-refractivity contribution in [3.8, 4) is 6.01 Å². The normalized spacial score (nSPS) is 11.2. The van der Waals surface area contributed by atoms with Gasteiger partial charge in [-0.2, -0.15) is 4.98 Å². The van der Waals surface area contributed by atoms with Crippen molar-refractivity contribution in [2.75, 3.05) is 5.32 Å². The Labute approximate surface area is 141 Å². The Morgan fingerprint density at radius 1 is 1.13 bits per heavy atom. The number of anilines is 1.